The molecule has 0 radical (unpaired) electrons. The Balaban J connectivity index is 1.64. The highest BCUT2D eigenvalue weighted by atomic mass is 19.1. The highest BCUT2D eigenvalue weighted by Crippen LogP contribution is 2.27. The maximum absolute atomic E-state index is 13.1. The number of hydrogen-bond donors (Lipinski definition) is 1. The number of aromatic nitrogens is 4. The number of amides is 1. The number of hydrogen-bond acceptors (Lipinski definition) is 4. The Bertz CT molecular complexity index is 651. The molecule has 7 heteroatoms. The quantitative estimate of drug-likeness (QED) is 0.940. The molecule has 0 saturated heterocycles. The largest absolute Gasteiger partial charge is 0.345 e. The van der Waals surface area contributed by atoms with Gasteiger partial charge in [0.2, 0.25) is 0 Å². The van der Waals surface area contributed by atoms with Crippen LogP contribution < -0.4 is 5.32 Å². The minimum absolute atomic E-state index is 0.235. The molecule has 116 valence electrons. The molecule has 1 amide bonds. The highest BCUT2D eigenvalue weighted by molar-refractivity contribution is 5.94. The first-order chi connectivity index (χ1) is 10.7. The number of halogens is 1. The first-order valence-electron chi connectivity index (χ1n) is 7.54. The lowest BCUT2D eigenvalue weighted by atomic mass is 9.95. The van der Waals surface area contributed by atoms with Gasteiger partial charge < -0.3 is 5.32 Å². The molecule has 1 aliphatic rings. The van der Waals surface area contributed by atoms with E-state index in [-0.39, 0.29) is 18.0 Å². The summed E-state index contributed by atoms with van der Waals surface area (Å²) in [5, 5.41) is 14.5. The molecular weight excluding hydrogens is 285 g/mol. The fourth-order valence-corrected chi connectivity index (χ4v) is 2.83. The van der Waals surface area contributed by atoms with Crippen LogP contribution in [0.5, 0.6) is 0 Å². The Morgan fingerprint density at radius 1 is 1.32 bits per heavy atom. The lowest BCUT2D eigenvalue weighted by Gasteiger charge is -2.22. The van der Waals surface area contributed by atoms with Crippen LogP contribution in [0.15, 0.2) is 24.3 Å². The van der Waals surface area contributed by atoms with E-state index >= 15 is 0 Å². The summed E-state index contributed by atoms with van der Waals surface area (Å²) in [7, 11) is 0. The summed E-state index contributed by atoms with van der Waals surface area (Å²) in [6.45, 7) is 0.235. The summed E-state index contributed by atoms with van der Waals surface area (Å²) in [5.74, 6) is -0.131. The van der Waals surface area contributed by atoms with Crippen LogP contribution in [0.25, 0.3) is 0 Å². The van der Waals surface area contributed by atoms with Gasteiger partial charge in [-0.15, -0.1) is 5.10 Å². The van der Waals surface area contributed by atoms with Crippen molar-refractivity contribution in [2.75, 3.05) is 0 Å². The number of benzene rings is 1. The second-order valence-electron chi connectivity index (χ2n) is 5.52. The fourth-order valence-electron chi connectivity index (χ4n) is 2.83. The second-order valence-corrected chi connectivity index (χ2v) is 5.52. The molecule has 1 saturated carbocycles. The van der Waals surface area contributed by atoms with Crippen molar-refractivity contribution >= 4 is 5.91 Å². The molecule has 1 N–H and O–H groups in total. The van der Waals surface area contributed by atoms with Crippen molar-refractivity contribution in [3.05, 3.63) is 41.5 Å². The molecule has 22 heavy (non-hydrogen) atoms. The molecule has 1 heterocycles. The fraction of sp³-hybridized carbons (Fsp3) is 0.467. The van der Waals surface area contributed by atoms with Gasteiger partial charge in [0.25, 0.3) is 5.91 Å². The smallest absolute Gasteiger partial charge is 0.251 e. The van der Waals surface area contributed by atoms with Crippen molar-refractivity contribution in [1.29, 1.82) is 0 Å². The minimum atomic E-state index is -0.431. The molecular formula is C15H18FN5O. The van der Waals surface area contributed by atoms with Crippen molar-refractivity contribution in [3.8, 4) is 0 Å². The van der Waals surface area contributed by atoms with E-state index in [0.29, 0.717) is 11.9 Å². The lowest BCUT2D eigenvalue weighted by molar-refractivity contribution is 0.0948. The van der Waals surface area contributed by atoms with Gasteiger partial charge in [-0.05, 0) is 41.5 Å². The Labute approximate surface area is 127 Å². The van der Waals surface area contributed by atoms with E-state index in [1.165, 1.54) is 37.5 Å². The number of rotatable bonds is 4. The van der Waals surface area contributed by atoms with Crippen LogP contribution in [-0.4, -0.2) is 26.1 Å². The Hall–Kier alpha value is -2.31. The van der Waals surface area contributed by atoms with Gasteiger partial charge in [0.15, 0.2) is 5.82 Å². The number of nitrogens with zero attached hydrogens (tertiary/aromatic N) is 4. The zero-order valence-electron chi connectivity index (χ0n) is 12.2. The van der Waals surface area contributed by atoms with Crippen LogP contribution in [0.4, 0.5) is 4.39 Å². The monoisotopic (exact) mass is 303 g/mol. The van der Waals surface area contributed by atoms with Gasteiger partial charge in [-0.25, -0.2) is 9.07 Å². The summed E-state index contributed by atoms with van der Waals surface area (Å²) in [5.41, 5.74) is 0.289. The van der Waals surface area contributed by atoms with Crippen molar-refractivity contribution in [3.63, 3.8) is 0 Å². The van der Waals surface area contributed by atoms with Gasteiger partial charge in [0, 0.05) is 5.56 Å². The van der Waals surface area contributed by atoms with Gasteiger partial charge in [0.05, 0.1) is 12.6 Å². The van der Waals surface area contributed by atoms with Crippen LogP contribution in [0.1, 0.15) is 54.3 Å². The maximum Gasteiger partial charge on any atom is 0.251 e. The second kappa shape index (κ2) is 6.64. The van der Waals surface area contributed by atoms with E-state index < -0.39 is 5.82 Å². The Morgan fingerprint density at radius 3 is 2.91 bits per heavy atom. The maximum atomic E-state index is 13.1. The summed E-state index contributed by atoms with van der Waals surface area (Å²) < 4.78 is 14.9. The predicted molar refractivity (Wildman–Crippen MR) is 77.5 cm³/mol. The Kier molecular flexibility index (Phi) is 4.41. The average molecular weight is 303 g/mol. The first-order valence-corrected chi connectivity index (χ1v) is 7.54. The highest BCUT2D eigenvalue weighted by Gasteiger charge is 2.20. The third-order valence-electron chi connectivity index (χ3n) is 3.98. The van der Waals surface area contributed by atoms with Gasteiger partial charge in [-0.3, -0.25) is 4.79 Å². The molecule has 2 aromatic rings. The molecule has 0 bridgehead atoms. The van der Waals surface area contributed by atoms with E-state index in [1.807, 2.05) is 4.68 Å². The normalized spacial score (nSPS) is 15.7. The first kappa shape index (κ1) is 14.6. The van der Waals surface area contributed by atoms with Crippen molar-refractivity contribution in [2.24, 2.45) is 0 Å². The third-order valence-corrected chi connectivity index (χ3v) is 3.98. The molecule has 6 nitrogen and oxygen atoms in total. The van der Waals surface area contributed by atoms with Gasteiger partial charge >= 0.3 is 0 Å². The molecule has 1 aromatic carbocycles. The van der Waals surface area contributed by atoms with Crippen molar-refractivity contribution in [1.82, 2.24) is 25.5 Å². The third kappa shape index (κ3) is 3.29. The number of carbonyl (C=O) groups is 1. The van der Waals surface area contributed by atoms with Gasteiger partial charge in [-0.2, -0.15) is 0 Å². The molecule has 0 atom stereocenters. The van der Waals surface area contributed by atoms with E-state index in [4.69, 9.17) is 0 Å². The van der Waals surface area contributed by atoms with E-state index in [2.05, 4.69) is 20.8 Å². The van der Waals surface area contributed by atoms with Crippen molar-refractivity contribution < 1.29 is 9.18 Å². The molecule has 0 unspecified atom stereocenters. The van der Waals surface area contributed by atoms with Crippen LogP contribution in [0.2, 0.25) is 0 Å². The standard InChI is InChI=1S/C15H18FN5O/c16-12-6-4-5-11(9-12)15(22)17-10-14-18-19-20-21(14)13-7-2-1-3-8-13/h4-6,9,13H,1-3,7-8,10H2,(H,17,22). The molecule has 0 aliphatic heterocycles. The van der Waals surface area contributed by atoms with Crippen LogP contribution in [0, 0.1) is 5.82 Å². The number of nitrogens with one attached hydrogen (secondary N) is 1. The predicted octanol–water partition coefficient (Wildman–Crippen LogP) is 2.25. The molecule has 1 fully saturated rings. The van der Waals surface area contributed by atoms with Crippen LogP contribution >= 0.6 is 0 Å². The zero-order chi connectivity index (χ0) is 15.4. The van der Waals surface area contributed by atoms with E-state index in [0.717, 1.165) is 12.8 Å². The average Bonchev–Trinajstić information content (AvgIpc) is 3.02. The zero-order valence-corrected chi connectivity index (χ0v) is 12.2. The van der Waals surface area contributed by atoms with Crippen LogP contribution in [0.3, 0.4) is 0 Å². The SMILES string of the molecule is O=C(NCc1nnnn1C1CCCCC1)c1cccc(F)c1. The minimum Gasteiger partial charge on any atom is -0.345 e. The topological polar surface area (TPSA) is 72.7 Å². The van der Waals surface area contributed by atoms with E-state index in [9.17, 15) is 9.18 Å². The van der Waals surface area contributed by atoms with Gasteiger partial charge in [0.1, 0.15) is 5.82 Å². The molecule has 0 spiro atoms. The number of tetrazole rings is 1. The summed E-state index contributed by atoms with van der Waals surface area (Å²) in [6.07, 6.45) is 5.75. The number of carbonyl (C=O) groups excluding carboxylic acids is 1. The molecule has 1 aliphatic carbocycles. The summed E-state index contributed by atoms with van der Waals surface area (Å²) in [4.78, 5) is 12.0. The summed E-state index contributed by atoms with van der Waals surface area (Å²) >= 11 is 0. The van der Waals surface area contributed by atoms with Crippen molar-refractivity contribution in [2.45, 2.75) is 44.7 Å². The van der Waals surface area contributed by atoms with Crippen LogP contribution in [-0.2, 0) is 6.54 Å². The van der Waals surface area contributed by atoms with E-state index in [1.54, 1.807) is 6.07 Å². The molecule has 1 aromatic heterocycles. The lowest BCUT2D eigenvalue weighted by Crippen LogP contribution is -2.26. The Morgan fingerprint density at radius 2 is 2.14 bits per heavy atom. The summed E-state index contributed by atoms with van der Waals surface area (Å²) in [6, 6.07) is 5.91. The molecule has 3 rings (SSSR count). The van der Waals surface area contributed by atoms with Gasteiger partial charge in [-0.1, -0.05) is 25.3 Å².